The van der Waals surface area contributed by atoms with Crippen LogP contribution in [0.2, 0.25) is 5.02 Å². The maximum absolute atomic E-state index is 12.4. The summed E-state index contributed by atoms with van der Waals surface area (Å²) < 4.78 is 30.1. The minimum Gasteiger partial charge on any atom is -0.381 e. The summed E-state index contributed by atoms with van der Waals surface area (Å²) >= 11 is 5.85. The van der Waals surface area contributed by atoms with Gasteiger partial charge in [0.05, 0.1) is 17.3 Å². The highest BCUT2D eigenvalue weighted by Gasteiger charge is 2.29. The predicted molar refractivity (Wildman–Crippen MR) is 75.3 cm³/mol. The molecule has 2 unspecified atom stereocenters. The number of benzene rings is 1. The van der Waals surface area contributed by atoms with Gasteiger partial charge < -0.3 is 10.1 Å². The van der Waals surface area contributed by atoms with Crippen molar-refractivity contribution in [1.29, 1.82) is 0 Å². The van der Waals surface area contributed by atoms with Gasteiger partial charge in [0.25, 0.3) is 0 Å². The monoisotopic (exact) mass is 303 g/mol. The first-order valence-electron chi connectivity index (χ1n) is 6.26. The molecule has 1 aliphatic heterocycles. The van der Waals surface area contributed by atoms with Gasteiger partial charge in [0.2, 0.25) is 0 Å². The van der Waals surface area contributed by atoms with E-state index in [1.165, 1.54) is 6.07 Å². The normalized spacial score (nSPS) is 21.5. The molecule has 1 aromatic carbocycles. The topological polar surface area (TPSA) is 55.4 Å². The summed E-state index contributed by atoms with van der Waals surface area (Å²) in [5, 5.41) is 3.53. The van der Waals surface area contributed by atoms with Gasteiger partial charge in [0.1, 0.15) is 0 Å². The molecule has 0 aromatic heterocycles. The van der Waals surface area contributed by atoms with Crippen molar-refractivity contribution in [3.05, 3.63) is 29.3 Å². The lowest BCUT2D eigenvalue weighted by Crippen LogP contribution is -2.40. The third kappa shape index (κ3) is 3.69. The molecule has 2 rings (SSSR count). The molecule has 0 bridgehead atoms. The largest absolute Gasteiger partial charge is 0.381 e. The number of hydrogen-bond donors (Lipinski definition) is 1. The molecule has 0 spiro atoms. The van der Waals surface area contributed by atoms with Gasteiger partial charge in [-0.2, -0.15) is 0 Å². The molecule has 2 atom stereocenters. The summed E-state index contributed by atoms with van der Waals surface area (Å²) in [5.74, 6) is 0.316. The van der Waals surface area contributed by atoms with Crippen molar-refractivity contribution < 1.29 is 13.2 Å². The van der Waals surface area contributed by atoms with Crippen LogP contribution in [0.25, 0.3) is 0 Å². The van der Waals surface area contributed by atoms with Crippen LogP contribution in [0, 0.1) is 5.92 Å². The summed E-state index contributed by atoms with van der Waals surface area (Å²) in [5.41, 5.74) is 0. The van der Waals surface area contributed by atoms with Crippen LogP contribution in [0.15, 0.2) is 29.2 Å². The summed E-state index contributed by atoms with van der Waals surface area (Å²) in [6.07, 6.45) is 0.899. The van der Waals surface area contributed by atoms with E-state index in [-0.39, 0.29) is 22.6 Å². The average molecular weight is 304 g/mol. The van der Waals surface area contributed by atoms with Crippen molar-refractivity contribution in [2.24, 2.45) is 5.92 Å². The van der Waals surface area contributed by atoms with E-state index in [4.69, 9.17) is 16.3 Å². The molecule has 6 heteroatoms. The Morgan fingerprint density at radius 3 is 2.89 bits per heavy atom. The Kier molecular flexibility index (Phi) is 4.84. The molecule has 0 aliphatic carbocycles. The van der Waals surface area contributed by atoms with Crippen molar-refractivity contribution in [1.82, 2.24) is 5.32 Å². The second kappa shape index (κ2) is 6.22. The third-order valence-electron chi connectivity index (χ3n) is 3.46. The van der Waals surface area contributed by atoms with Crippen LogP contribution in [-0.4, -0.2) is 40.5 Å². The van der Waals surface area contributed by atoms with Crippen LogP contribution >= 0.6 is 11.6 Å². The van der Waals surface area contributed by atoms with Crippen LogP contribution in [0.5, 0.6) is 0 Å². The first-order chi connectivity index (χ1) is 9.03. The lowest BCUT2D eigenvalue weighted by Gasteiger charge is -2.21. The summed E-state index contributed by atoms with van der Waals surface area (Å²) in [7, 11) is -1.55. The SMILES string of the molecule is CNC(CS(=O)(=O)c1cccc(Cl)c1)C1CCOC1. The summed E-state index contributed by atoms with van der Waals surface area (Å²) in [6.45, 7) is 1.33. The number of sulfone groups is 1. The molecule has 1 aliphatic rings. The van der Waals surface area contributed by atoms with Crippen molar-refractivity contribution in [2.75, 3.05) is 26.0 Å². The fourth-order valence-electron chi connectivity index (χ4n) is 2.32. The predicted octanol–water partition coefficient (Wildman–Crippen LogP) is 1.74. The Labute approximate surface area is 119 Å². The highest BCUT2D eigenvalue weighted by atomic mass is 35.5. The van der Waals surface area contributed by atoms with Crippen molar-refractivity contribution in [2.45, 2.75) is 17.4 Å². The van der Waals surface area contributed by atoms with E-state index in [2.05, 4.69) is 5.32 Å². The van der Waals surface area contributed by atoms with Crippen LogP contribution < -0.4 is 5.32 Å². The smallest absolute Gasteiger partial charge is 0.179 e. The maximum Gasteiger partial charge on any atom is 0.179 e. The highest BCUT2D eigenvalue weighted by molar-refractivity contribution is 7.91. The van der Waals surface area contributed by atoms with E-state index < -0.39 is 9.84 Å². The first kappa shape index (κ1) is 14.8. The molecular weight excluding hydrogens is 286 g/mol. The lowest BCUT2D eigenvalue weighted by molar-refractivity contribution is 0.179. The number of nitrogens with one attached hydrogen (secondary N) is 1. The van der Waals surface area contributed by atoms with E-state index >= 15 is 0 Å². The summed E-state index contributed by atoms with van der Waals surface area (Å²) in [4.78, 5) is 0.277. The molecule has 1 aromatic rings. The average Bonchev–Trinajstić information content (AvgIpc) is 2.90. The van der Waals surface area contributed by atoms with E-state index in [0.717, 1.165) is 6.42 Å². The maximum atomic E-state index is 12.4. The zero-order chi connectivity index (χ0) is 13.9. The van der Waals surface area contributed by atoms with E-state index in [0.29, 0.717) is 18.2 Å². The first-order valence-corrected chi connectivity index (χ1v) is 8.29. The van der Waals surface area contributed by atoms with Crippen LogP contribution in [0.4, 0.5) is 0 Å². The fourth-order valence-corrected chi connectivity index (χ4v) is 4.27. The Hall–Kier alpha value is -0.620. The molecule has 0 amide bonds. The lowest BCUT2D eigenvalue weighted by atomic mass is 10.0. The van der Waals surface area contributed by atoms with E-state index in [9.17, 15) is 8.42 Å². The van der Waals surface area contributed by atoms with E-state index in [1.54, 1.807) is 25.2 Å². The molecule has 0 saturated carbocycles. The second-order valence-electron chi connectivity index (χ2n) is 4.76. The molecule has 1 saturated heterocycles. The van der Waals surface area contributed by atoms with Gasteiger partial charge in [-0.1, -0.05) is 17.7 Å². The Bertz CT molecular complexity index is 526. The number of rotatable bonds is 5. The Balaban J connectivity index is 2.15. The van der Waals surface area contributed by atoms with E-state index in [1.807, 2.05) is 0 Å². The zero-order valence-corrected chi connectivity index (χ0v) is 12.4. The molecule has 4 nitrogen and oxygen atoms in total. The van der Waals surface area contributed by atoms with Crippen LogP contribution in [-0.2, 0) is 14.6 Å². The van der Waals surface area contributed by atoms with Gasteiger partial charge in [-0.25, -0.2) is 8.42 Å². The van der Waals surface area contributed by atoms with Crippen molar-refractivity contribution >= 4 is 21.4 Å². The highest BCUT2D eigenvalue weighted by Crippen LogP contribution is 2.22. The van der Waals surface area contributed by atoms with Crippen molar-refractivity contribution in [3.8, 4) is 0 Å². The second-order valence-corrected chi connectivity index (χ2v) is 7.23. The van der Waals surface area contributed by atoms with Gasteiger partial charge in [-0.05, 0) is 31.7 Å². The molecule has 19 heavy (non-hydrogen) atoms. The summed E-state index contributed by atoms with van der Waals surface area (Å²) in [6, 6.07) is 6.31. The molecule has 1 N–H and O–H groups in total. The fraction of sp³-hybridized carbons (Fsp3) is 0.538. The van der Waals surface area contributed by atoms with Crippen LogP contribution in [0.3, 0.4) is 0 Å². The number of hydrogen-bond acceptors (Lipinski definition) is 4. The van der Waals surface area contributed by atoms with Gasteiger partial charge in [-0.15, -0.1) is 0 Å². The minimum absolute atomic E-state index is 0.0673. The van der Waals surface area contributed by atoms with Gasteiger partial charge in [0, 0.05) is 23.6 Å². The quantitative estimate of drug-likeness (QED) is 0.900. The van der Waals surface area contributed by atoms with Gasteiger partial charge in [-0.3, -0.25) is 0 Å². The van der Waals surface area contributed by atoms with Crippen molar-refractivity contribution in [3.63, 3.8) is 0 Å². The Morgan fingerprint density at radius 2 is 2.32 bits per heavy atom. The van der Waals surface area contributed by atoms with Crippen LogP contribution in [0.1, 0.15) is 6.42 Å². The molecule has 1 heterocycles. The molecule has 1 fully saturated rings. The Morgan fingerprint density at radius 1 is 1.53 bits per heavy atom. The van der Waals surface area contributed by atoms with Gasteiger partial charge in [0.15, 0.2) is 9.84 Å². The number of halogens is 1. The zero-order valence-electron chi connectivity index (χ0n) is 10.8. The molecular formula is C13H18ClNO3S. The molecule has 0 radical (unpaired) electrons. The third-order valence-corrected chi connectivity index (χ3v) is 5.46. The molecule has 106 valence electrons. The van der Waals surface area contributed by atoms with Gasteiger partial charge >= 0.3 is 0 Å². The number of ether oxygens (including phenoxy) is 1. The minimum atomic E-state index is -3.33. The standard InChI is InChI=1S/C13H18ClNO3S/c1-15-13(10-5-6-18-8-10)9-19(16,17)12-4-2-3-11(14)7-12/h2-4,7,10,13,15H,5-6,8-9H2,1H3.